The topological polar surface area (TPSA) is 248 Å². The second-order valence-corrected chi connectivity index (χ2v) is 8.32. The van der Waals surface area contributed by atoms with Crippen LogP contribution in [0.25, 0.3) is 0 Å². The Morgan fingerprint density at radius 3 is 1.73 bits per heavy atom. The van der Waals surface area contributed by atoms with E-state index < -0.39 is 105 Å². The van der Waals surface area contributed by atoms with E-state index in [-0.39, 0.29) is 0 Å². The molecule has 0 aliphatic carbocycles. The van der Waals surface area contributed by atoms with E-state index in [9.17, 15) is 51.1 Å². The van der Waals surface area contributed by atoms with Crippen molar-refractivity contribution in [2.24, 2.45) is 0 Å². The molecular formula is C18H32O15. The van der Waals surface area contributed by atoms with Gasteiger partial charge in [0.05, 0.1) is 19.3 Å². The lowest BCUT2D eigenvalue weighted by Gasteiger charge is -2.48. The van der Waals surface area contributed by atoms with E-state index in [1.807, 2.05) is 0 Å². The van der Waals surface area contributed by atoms with Crippen molar-refractivity contribution >= 4 is 0 Å². The molecule has 10 N–H and O–H groups in total. The third-order valence-electron chi connectivity index (χ3n) is 6.05. The Hall–Kier alpha value is -0.600. The van der Waals surface area contributed by atoms with Gasteiger partial charge in [-0.15, -0.1) is 0 Å². The summed E-state index contributed by atoms with van der Waals surface area (Å²) in [5.41, 5.74) is 0. The number of hydrogen-bond donors (Lipinski definition) is 10. The molecule has 3 heterocycles. The van der Waals surface area contributed by atoms with Gasteiger partial charge in [0.25, 0.3) is 0 Å². The van der Waals surface area contributed by atoms with Gasteiger partial charge in [0.1, 0.15) is 67.1 Å². The lowest BCUT2D eigenvalue weighted by atomic mass is 9.96. The van der Waals surface area contributed by atoms with Gasteiger partial charge in [-0.1, -0.05) is 0 Å². The lowest BCUT2D eigenvalue weighted by Crippen LogP contribution is -2.66. The number of rotatable bonds is 6. The molecule has 0 bridgehead atoms. The molecule has 3 fully saturated rings. The molecule has 15 nitrogen and oxygen atoms in total. The molecular weight excluding hydrogens is 456 g/mol. The van der Waals surface area contributed by atoms with Crippen LogP contribution in [0.1, 0.15) is 6.92 Å². The van der Waals surface area contributed by atoms with Crippen molar-refractivity contribution in [2.75, 3.05) is 13.2 Å². The van der Waals surface area contributed by atoms with Crippen molar-refractivity contribution in [3.8, 4) is 0 Å². The van der Waals surface area contributed by atoms with Gasteiger partial charge in [0.15, 0.2) is 18.9 Å². The lowest BCUT2D eigenvalue weighted by molar-refractivity contribution is -0.385. The largest absolute Gasteiger partial charge is 0.394 e. The highest BCUT2D eigenvalue weighted by Gasteiger charge is 2.53. The monoisotopic (exact) mass is 488 g/mol. The summed E-state index contributed by atoms with van der Waals surface area (Å²) in [6, 6.07) is 0. The number of aliphatic hydroxyl groups is 10. The number of hydrogen-bond acceptors (Lipinski definition) is 15. The maximum Gasteiger partial charge on any atom is 0.187 e. The van der Waals surface area contributed by atoms with E-state index >= 15 is 0 Å². The van der Waals surface area contributed by atoms with Gasteiger partial charge < -0.3 is 74.7 Å². The third kappa shape index (κ3) is 5.32. The summed E-state index contributed by atoms with van der Waals surface area (Å²) >= 11 is 0. The maximum absolute atomic E-state index is 10.6. The van der Waals surface area contributed by atoms with E-state index in [4.69, 9.17) is 23.7 Å². The van der Waals surface area contributed by atoms with Crippen molar-refractivity contribution < 1.29 is 74.7 Å². The maximum atomic E-state index is 10.6. The van der Waals surface area contributed by atoms with Gasteiger partial charge in [-0.25, -0.2) is 0 Å². The molecule has 194 valence electrons. The number of ether oxygens (including phenoxy) is 5. The molecule has 0 aromatic carbocycles. The average molecular weight is 488 g/mol. The summed E-state index contributed by atoms with van der Waals surface area (Å²) in [7, 11) is 0. The summed E-state index contributed by atoms with van der Waals surface area (Å²) in [4.78, 5) is 0. The summed E-state index contributed by atoms with van der Waals surface area (Å²) in [6.45, 7) is -0.128. The van der Waals surface area contributed by atoms with E-state index in [0.29, 0.717) is 0 Å². The fraction of sp³-hybridized carbons (Fsp3) is 1.00. The molecule has 0 radical (unpaired) electrons. The first-order chi connectivity index (χ1) is 15.5. The fourth-order valence-electron chi connectivity index (χ4n) is 3.98. The average Bonchev–Trinajstić information content (AvgIpc) is 2.80. The summed E-state index contributed by atoms with van der Waals surface area (Å²) in [6.07, 6.45) is -24.1. The van der Waals surface area contributed by atoms with Crippen LogP contribution in [0.5, 0.6) is 0 Å². The highest BCUT2D eigenvalue weighted by atomic mass is 16.8. The molecule has 0 saturated carbocycles. The zero-order valence-corrected chi connectivity index (χ0v) is 17.6. The second-order valence-electron chi connectivity index (χ2n) is 8.32. The second kappa shape index (κ2) is 11.0. The van der Waals surface area contributed by atoms with Crippen molar-refractivity contribution in [1.82, 2.24) is 0 Å². The van der Waals surface area contributed by atoms with Crippen molar-refractivity contribution in [2.45, 2.75) is 99.0 Å². The van der Waals surface area contributed by atoms with E-state index in [2.05, 4.69) is 0 Å². The van der Waals surface area contributed by atoms with Gasteiger partial charge in [-0.2, -0.15) is 0 Å². The smallest absolute Gasteiger partial charge is 0.187 e. The molecule has 0 aromatic rings. The highest BCUT2D eigenvalue weighted by molar-refractivity contribution is 4.95. The zero-order valence-electron chi connectivity index (χ0n) is 17.6. The van der Waals surface area contributed by atoms with Crippen molar-refractivity contribution in [3.05, 3.63) is 0 Å². The van der Waals surface area contributed by atoms with E-state index in [1.165, 1.54) is 6.92 Å². The Kier molecular flexibility index (Phi) is 8.99. The normalized spacial score (nSPS) is 53.7. The SMILES string of the molecule is CC1O[C@@H](OC2[C@H](O[C@@H]3C(CO)OC(O)C(O)[C@H]3O)OC(CO)[C@H](O)[C@@H]2O)C(O)[C@@H](O)[C@@H]1O. The van der Waals surface area contributed by atoms with Crippen LogP contribution in [0.4, 0.5) is 0 Å². The molecule has 7 unspecified atom stereocenters. The van der Waals surface area contributed by atoms with Gasteiger partial charge in [-0.3, -0.25) is 0 Å². The van der Waals surface area contributed by atoms with Crippen LogP contribution in [0.15, 0.2) is 0 Å². The predicted molar refractivity (Wildman–Crippen MR) is 99.8 cm³/mol. The quantitative estimate of drug-likeness (QED) is 0.167. The Bertz CT molecular complexity index is 624. The zero-order chi connectivity index (χ0) is 24.6. The molecule has 15 heteroatoms. The molecule has 0 amide bonds. The minimum Gasteiger partial charge on any atom is -0.394 e. The van der Waals surface area contributed by atoms with Gasteiger partial charge in [-0.05, 0) is 6.92 Å². The van der Waals surface area contributed by atoms with E-state index in [1.54, 1.807) is 0 Å². The Morgan fingerprint density at radius 1 is 0.545 bits per heavy atom. The first kappa shape index (κ1) is 27.0. The molecule has 0 spiro atoms. The van der Waals surface area contributed by atoms with Crippen LogP contribution in [-0.2, 0) is 23.7 Å². The molecule has 3 rings (SSSR count). The Labute approximate surface area is 187 Å². The highest BCUT2D eigenvalue weighted by Crippen LogP contribution is 2.32. The first-order valence-corrected chi connectivity index (χ1v) is 10.4. The predicted octanol–water partition coefficient (Wildman–Crippen LogP) is -6.55. The number of aliphatic hydroxyl groups excluding tert-OH is 10. The first-order valence-electron chi connectivity index (χ1n) is 10.4. The standard InChI is InChI=1S/C18H32O15/c1-4-7(21)9(23)13(27)17(29-4)33-15-10(24)8(22)5(2-19)31-18(15)32-14-6(3-20)30-16(28)12(26)11(14)25/h4-28H,2-3H2,1H3/t4?,5?,6?,7-,8+,9+,10+,11-,12?,13?,14-,15?,16?,17+,18+/m1/s1. The van der Waals surface area contributed by atoms with Crippen LogP contribution in [0.2, 0.25) is 0 Å². The van der Waals surface area contributed by atoms with Crippen molar-refractivity contribution in [1.29, 1.82) is 0 Å². The molecule has 15 atom stereocenters. The van der Waals surface area contributed by atoms with Gasteiger partial charge in [0.2, 0.25) is 0 Å². The van der Waals surface area contributed by atoms with Crippen LogP contribution < -0.4 is 0 Å². The molecule has 3 aliphatic heterocycles. The van der Waals surface area contributed by atoms with Gasteiger partial charge >= 0.3 is 0 Å². The van der Waals surface area contributed by atoms with Crippen LogP contribution in [-0.4, -0.2) is 156 Å². The molecule has 0 aromatic heterocycles. The third-order valence-corrected chi connectivity index (χ3v) is 6.05. The van der Waals surface area contributed by atoms with Crippen LogP contribution >= 0.6 is 0 Å². The van der Waals surface area contributed by atoms with E-state index in [0.717, 1.165) is 0 Å². The molecule has 33 heavy (non-hydrogen) atoms. The van der Waals surface area contributed by atoms with Crippen molar-refractivity contribution in [3.63, 3.8) is 0 Å². The van der Waals surface area contributed by atoms with Crippen LogP contribution in [0, 0.1) is 0 Å². The molecule has 3 saturated heterocycles. The fourth-order valence-corrected chi connectivity index (χ4v) is 3.98. The minimum absolute atomic E-state index is 0.760. The van der Waals surface area contributed by atoms with Crippen LogP contribution in [0.3, 0.4) is 0 Å². The Morgan fingerprint density at radius 2 is 1.12 bits per heavy atom. The van der Waals surface area contributed by atoms with Gasteiger partial charge in [0, 0.05) is 0 Å². The Balaban J connectivity index is 1.83. The summed E-state index contributed by atoms with van der Waals surface area (Å²) in [5, 5.41) is 99.8. The minimum atomic E-state index is -1.83. The summed E-state index contributed by atoms with van der Waals surface area (Å²) < 4.78 is 26.9. The molecule has 3 aliphatic rings. The summed E-state index contributed by atoms with van der Waals surface area (Å²) in [5.74, 6) is 0.